The average Bonchev–Trinajstić information content (AvgIpc) is 3.23. The zero-order valence-electron chi connectivity index (χ0n) is 16.3. The van der Waals surface area contributed by atoms with Gasteiger partial charge in [0.1, 0.15) is 0 Å². The minimum absolute atomic E-state index is 0.195. The van der Waals surface area contributed by atoms with Crippen molar-refractivity contribution in [3.05, 3.63) is 60.2 Å². The summed E-state index contributed by atoms with van der Waals surface area (Å²) in [6, 6.07) is 17.4. The predicted octanol–water partition coefficient (Wildman–Crippen LogP) is 2.93. The summed E-state index contributed by atoms with van der Waals surface area (Å²) in [6.45, 7) is 3.93. The van der Waals surface area contributed by atoms with E-state index in [2.05, 4.69) is 14.5 Å². The number of anilines is 2. The summed E-state index contributed by atoms with van der Waals surface area (Å²) in [6.07, 6.45) is 2.38. The first-order valence-corrected chi connectivity index (χ1v) is 11.3. The lowest BCUT2D eigenvalue weighted by Crippen LogP contribution is -2.50. The summed E-state index contributed by atoms with van der Waals surface area (Å²) < 4.78 is 30.9. The van der Waals surface area contributed by atoms with Gasteiger partial charge in [-0.25, -0.2) is 0 Å². The van der Waals surface area contributed by atoms with Gasteiger partial charge in [0.2, 0.25) is 0 Å². The number of hydrogen-bond donors (Lipinski definition) is 1. The van der Waals surface area contributed by atoms with Crippen LogP contribution < -0.4 is 9.62 Å². The molecule has 0 bridgehead atoms. The Labute approximate surface area is 167 Å². The van der Waals surface area contributed by atoms with E-state index in [9.17, 15) is 8.42 Å². The molecule has 6 nitrogen and oxygen atoms in total. The topological polar surface area (TPSA) is 55.9 Å². The van der Waals surface area contributed by atoms with Crippen LogP contribution in [0.4, 0.5) is 11.4 Å². The highest BCUT2D eigenvalue weighted by molar-refractivity contribution is 7.90. The molecule has 0 amide bonds. The number of nitrogens with zero attached hydrogens (tertiary/aromatic N) is 3. The van der Waals surface area contributed by atoms with Crippen molar-refractivity contribution in [3.8, 4) is 0 Å². The molecule has 2 aromatic rings. The maximum absolute atomic E-state index is 13.3. The summed E-state index contributed by atoms with van der Waals surface area (Å²) >= 11 is 0. The highest BCUT2D eigenvalue weighted by Gasteiger charge is 2.35. The number of likely N-dealkylation sites (N-methyl/N-ethyl adjacent to an activating group) is 1. The van der Waals surface area contributed by atoms with E-state index in [1.165, 1.54) is 12.8 Å². The third-order valence-electron chi connectivity index (χ3n) is 5.59. The van der Waals surface area contributed by atoms with Gasteiger partial charge in [0, 0.05) is 38.4 Å². The number of piperazine rings is 1. The van der Waals surface area contributed by atoms with Crippen LogP contribution >= 0.6 is 0 Å². The molecule has 2 aliphatic rings. The summed E-state index contributed by atoms with van der Waals surface area (Å²) in [5.41, 5.74) is 2.72. The van der Waals surface area contributed by atoms with E-state index in [0.717, 1.165) is 30.9 Å². The molecule has 2 aliphatic heterocycles. The smallest absolute Gasteiger partial charge is 0.302 e. The van der Waals surface area contributed by atoms with E-state index in [0.29, 0.717) is 18.8 Å². The van der Waals surface area contributed by atoms with Crippen molar-refractivity contribution >= 4 is 21.6 Å². The molecule has 0 aromatic heterocycles. The lowest BCUT2D eigenvalue weighted by atomic mass is 10.1. The second-order valence-electron chi connectivity index (χ2n) is 7.65. The van der Waals surface area contributed by atoms with E-state index in [4.69, 9.17) is 0 Å². The van der Waals surface area contributed by atoms with Crippen molar-refractivity contribution in [2.24, 2.45) is 0 Å². The molecule has 0 saturated carbocycles. The standard InChI is InChI=1S/C21H28N4O2S/c1-23-14-15-25(21(17-23)18-8-3-2-4-9-18)28(26,27)22-19-10-7-11-20(16-19)24-12-5-6-13-24/h2-4,7-11,16,21-22H,5-6,12-15,17H2,1H3/t21-/m1/s1. The Morgan fingerprint density at radius 1 is 0.929 bits per heavy atom. The molecular formula is C21H28N4O2S. The Morgan fingerprint density at radius 2 is 1.68 bits per heavy atom. The third-order valence-corrected chi connectivity index (χ3v) is 7.14. The Morgan fingerprint density at radius 3 is 2.43 bits per heavy atom. The van der Waals surface area contributed by atoms with Crippen LogP contribution in [0.2, 0.25) is 0 Å². The van der Waals surface area contributed by atoms with E-state index in [1.54, 1.807) is 4.31 Å². The maximum Gasteiger partial charge on any atom is 0.302 e. The van der Waals surface area contributed by atoms with Gasteiger partial charge in [-0.1, -0.05) is 36.4 Å². The second kappa shape index (κ2) is 8.11. The van der Waals surface area contributed by atoms with Crippen LogP contribution in [0.25, 0.3) is 0 Å². The van der Waals surface area contributed by atoms with Gasteiger partial charge < -0.3 is 9.80 Å². The third kappa shape index (κ3) is 4.16. The minimum atomic E-state index is -3.66. The van der Waals surface area contributed by atoms with Crippen molar-refractivity contribution in [1.82, 2.24) is 9.21 Å². The predicted molar refractivity (Wildman–Crippen MR) is 114 cm³/mol. The molecule has 2 aromatic carbocycles. The van der Waals surface area contributed by atoms with Gasteiger partial charge in [-0.05, 0) is 43.7 Å². The van der Waals surface area contributed by atoms with E-state index in [-0.39, 0.29) is 6.04 Å². The SMILES string of the molecule is CN1CCN(S(=O)(=O)Nc2cccc(N3CCCC3)c2)[C@@H](c2ccccc2)C1. The molecular weight excluding hydrogens is 372 g/mol. The van der Waals surface area contributed by atoms with E-state index < -0.39 is 10.2 Å². The summed E-state index contributed by atoms with van der Waals surface area (Å²) in [7, 11) is -1.62. The first-order valence-electron chi connectivity index (χ1n) is 9.91. The normalized spacial score (nSPS) is 21.8. The minimum Gasteiger partial charge on any atom is -0.371 e. The molecule has 1 atom stereocenters. The van der Waals surface area contributed by atoms with Gasteiger partial charge in [0.05, 0.1) is 11.7 Å². The molecule has 150 valence electrons. The van der Waals surface area contributed by atoms with E-state index >= 15 is 0 Å². The lowest BCUT2D eigenvalue weighted by Gasteiger charge is -2.39. The molecule has 1 N–H and O–H groups in total. The van der Waals surface area contributed by atoms with Crippen LogP contribution in [-0.2, 0) is 10.2 Å². The van der Waals surface area contributed by atoms with E-state index in [1.807, 2.05) is 61.6 Å². The molecule has 2 saturated heterocycles. The zero-order valence-corrected chi connectivity index (χ0v) is 17.1. The van der Waals surface area contributed by atoms with Crippen LogP contribution in [0.3, 0.4) is 0 Å². The molecule has 28 heavy (non-hydrogen) atoms. The van der Waals surface area contributed by atoms with Crippen molar-refractivity contribution in [2.45, 2.75) is 18.9 Å². The van der Waals surface area contributed by atoms with Crippen molar-refractivity contribution < 1.29 is 8.42 Å². The molecule has 0 radical (unpaired) electrons. The number of rotatable bonds is 5. The first-order chi connectivity index (χ1) is 13.5. The van der Waals surface area contributed by atoms with Gasteiger partial charge in [0.25, 0.3) is 0 Å². The Hall–Kier alpha value is -2.09. The first kappa shape index (κ1) is 19.2. The lowest BCUT2D eigenvalue weighted by molar-refractivity contribution is 0.161. The van der Waals surface area contributed by atoms with Gasteiger partial charge in [-0.2, -0.15) is 12.7 Å². The fourth-order valence-electron chi connectivity index (χ4n) is 4.09. The summed E-state index contributed by atoms with van der Waals surface area (Å²) in [5.74, 6) is 0. The molecule has 4 rings (SSSR count). The molecule has 7 heteroatoms. The molecule has 0 unspecified atom stereocenters. The van der Waals surface area contributed by atoms with Crippen molar-refractivity contribution in [1.29, 1.82) is 0 Å². The van der Waals surface area contributed by atoms with Crippen LogP contribution in [-0.4, -0.2) is 57.4 Å². The van der Waals surface area contributed by atoms with Crippen LogP contribution in [0, 0.1) is 0 Å². The largest absolute Gasteiger partial charge is 0.371 e. The summed E-state index contributed by atoms with van der Waals surface area (Å²) in [4.78, 5) is 4.48. The number of hydrogen-bond acceptors (Lipinski definition) is 4. The Bertz CT molecular complexity index is 898. The highest BCUT2D eigenvalue weighted by Crippen LogP contribution is 2.29. The Balaban J connectivity index is 1.57. The monoisotopic (exact) mass is 400 g/mol. The molecule has 2 heterocycles. The Kier molecular flexibility index (Phi) is 5.57. The average molecular weight is 401 g/mol. The van der Waals surface area contributed by atoms with Crippen LogP contribution in [0.1, 0.15) is 24.4 Å². The number of benzene rings is 2. The van der Waals surface area contributed by atoms with Crippen LogP contribution in [0.5, 0.6) is 0 Å². The van der Waals surface area contributed by atoms with Gasteiger partial charge in [-0.3, -0.25) is 4.72 Å². The zero-order chi connectivity index (χ0) is 19.6. The van der Waals surface area contributed by atoms with Crippen molar-refractivity contribution in [2.75, 3.05) is 49.4 Å². The summed E-state index contributed by atoms with van der Waals surface area (Å²) in [5, 5.41) is 0. The van der Waals surface area contributed by atoms with Crippen molar-refractivity contribution in [3.63, 3.8) is 0 Å². The molecule has 0 spiro atoms. The second-order valence-corrected chi connectivity index (χ2v) is 9.27. The fourth-order valence-corrected chi connectivity index (χ4v) is 5.47. The quantitative estimate of drug-likeness (QED) is 0.839. The number of nitrogens with one attached hydrogen (secondary N) is 1. The molecule has 0 aliphatic carbocycles. The van der Waals surface area contributed by atoms with Gasteiger partial charge in [-0.15, -0.1) is 0 Å². The fraction of sp³-hybridized carbons (Fsp3) is 0.429. The highest BCUT2D eigenvalue weighted by atomic mass is 32.2. The molecule has 2 fully saturated rings. The maximum atomic E-state index is 13.3. The van der Waals surface area contributed by atoms with Gasteiger partial charge >= 0.3 is 10.2 Å². The van der Waals surface area contributed by atoms with Gasteiger partial charge in [0.15, 0.2) is 0 Å². The van der Waals surface area contributed by atoms with Crippen LogP contribution in [0.15, 0.2) is 54.6 Å².